The van der Waals surface area contributed by atoms with Crippen LogP contribution in [0.1, 0.15) is 10.4 Å². The minimum Gasteiger partial charge on any atom is -0.322 e. The van der Waals surface area contributed by atoms with E-state index in [0.29, 0.717) is 0 Å². The summed E-state index contributed by atoms with van der Waals surface area (Å²) >= 11 is 0. The molecule has 3 aromatic rings. The van der Waals surface area contributed by atoms with Crippen molar-refractivity contribution >= 4 is 33.0 Å². The molecule has 0 aliphatic rings. The molecule has 1 amide bonds. The molecule has 0 spiro atoms. The molecule has 2 N–H and O–H groups in total. The van der Waals surface area contributed by atoms with Crippen LogP contribution in [0.4, 0.5) is 21.5 Å². The standard InChI is InChI=1S/C19H14FN3O5S/c20-14-7-9-15(10-8-14)22-29(27,28)18-6-1-3-13(11-18)19(24)21-16-4-2-5-17(12-16)23(25)26/h1-12,22H,(H,21,24). The molecule has 0 atom stereocenters. The molecule has 148 valence electrons. The molecular weight excluding hydrogens is 401 g/mol. The first-order valence-electron chi connectivity index (χ1n) is 8.19. The fraction of sp³-hybridized carbons (Fsp3) is 0. The number of benzene rings is 3. The number of hydrogen-bond donors (Lipinski definition) is 2. The molecular formula is C19H14FN3O5S. The molecule has 3 rings (SSSR count). The van der Waals surface area contributed by atoms with E-state index in [0.717, 1.165) is 12.1 Å². The third-order valence-corrected chi connectivity index (χ3v) is 5.20. The highest BCUT2D eigenvalue weighted by atomic mass is 32.2. The Morgan fingerprint density at radius 1 is 0.931 bits per heavy atom. The van der Waals surface area contributed by atoms with Crippen molar-refractivity contribution in [3.8, 4) is 0 Å². The molecule has 0 saturated carbocycles. The maximum Gasteiger partial charge on any atom is 0.271 e. The van der Waals surface area contributed by atoms with Crippen molar-refractivity contribution in [1.82, 2.24) is 0 Å². The zero-order valence-corrected chi connectivity index (χ0v) is 15.5. The van der Waals surface area contributed by atoms with Gasteiger partial charge in [0.2, 0.25) is 0 Å². The number of rotatable bonds is 6. The van der Waals surface area contributed by atoms with Crippen LogP contribution in [0.3, 0.4) is 0 Å². The molecule has 0 bridgehead atoms. The fourth-order valence-electron chi connectivity index (χ4n) is 2.44. The second kappa shape index (κ2) is 8.07. The van der Waals surface area contributed by atoms with Crippen molar-refractivity contribution in [2.45, 2.75) is 4.90 Å². The van der Waals surface area contributed by atoms with Crippen molar-refractivity contribution in [2.75, 3.05) is 10.0 Å². The van der Waals surface area contributed by atoms with E-state index in [2.05, 4.69) is 10.0 Å². The lowest BCUT2D eigenvalue weighted by Crippen LogP contribution is -2.16. The summed E-state index contributed by atoms with van der Waals surface area (Å²) < 4.78 is 40.3. The minimum atomic E-state index is -4.01. The van der Waals surface area contributed by atoms with Crippen molar-refractivity contribution in [2.24, 2.45) is 0 Å². The average molecular weight is 415 g/mol. The van der Waals surface area contributed by atoms with E-state index in [9.17, 15) is 27.7 Å². The number of nitrogens with one attached hydrogen (secondary N) is 2. The number of anilines is 2. The van der Waals surface area contributed by atoms with Crippen LogP contribution in [-0.4, -0.2) is 19.2 Å². The molecule has 0 radical (unpaired) electrons. The van der Waals surface area contributed by atoms with Crippen LogP contribution >= 0.6 is 0 Å². The second-order valence-corrected chi connectivity index (χ2v) is 7.58. The van der Waals surface area contributed by atoms with Gasteiger partial charge < -0.3 is 5.32 Å². The Morgan fingerprint density at radius 3 is 2.31 bits per heavy atom. The number of nitro benzene ring substituents is 1. The lowest BCUT2D eigenvalue weighted by molar-refractivity contribution is -0.384. The van der Waals surface area contributed by atoms with Crippen LogP contribution in [0.15, 0.2) is 77.7 Å². The van der Waals surface area contributed by atoms with Gasteiger partial charge in [-0.1, -0.05) is 12.1 Å². The lowest BCUT2D eigenvalue weighted by atomic mass is 10.2. The van der Waals surface area contributed by atoms with Gasteiger partial charge in [-0.05, 0) is 48.5 Å². The normalized spacial score (nSPS) is 10.9. The van der Waals surface area contributed by atoms with E-state index in [1.165, 1.54) is 60.7 Å². The van der Waals surface area contributed by atoms with Crippen molar-refractivity contribution in [1.29, 1.82) is 0 Å². The van der Waals surface area contributed by atoms with E-state index in [1.54, 1.807) is 0 Å². The van der Waals surface area contributed by atoms with Gasteiger partial charge in [0.05, 0.1) is 9.82 Å². The Hall–Kier alpha value is -3.79. The first kappa shape index (κ1) is 20.0. The SMILES string of the molecule is O=C(Nc1cccc([N+](=O)[O-])c1)c1cccc(S(=O)(=O)Nc2ccc(F)cc2)c1. The topological polar surface area (TPSA) is 118 Å². The van der Waals surface area contributed by atoms with Crippen LogP contribution in [0.5, 0.6) is 0 Å². The molecule has 0 heterocycles. The van der Waals surface area contributed by atoms with Crippen molar-refractivity contribution in [3.63, 3.8) is 0 Å². The summed E-state index contributed by atoms with van der Waals surface area (Å²) in [5.41, 5.74) is 0.209. The monoisotopic (exact) mass is 415 g/mol. The molecule has 0 aromatic heterocycles. The van der Waals surface area contributed by atoms with Gasteiger partial charge in [-0.2, -0.15) is 0 Å². The highest BCUT2D eigenvalue weighted by Crippen LogP contribution is 2.20. The second-order valence-electron chi connectivity index (χ2n) is 5.90. The van der Waals surface area contributed by atoms with Gasteiger partial charge in [0, 0.05) is 29.1 Å². The quantitative estimate of drug-likeness (QED) is 0.469. The maximum atomic E-state index is 13.0. The number of nitro groups is 1. The summed E-state index contributed by atoms with van der Waals surface area (Å²) in [6.07, 6.45) is 0. The zero-order chi connectivity index (χ0) is 21.0. The molecule has 0 unspecified atom stereocenters. The van der Waals surface area contributed by atoms with Crippen LogP contribution in [-0.2, 0) is 10.0 Å². The van der Waals surface area contributed by atoms with Crippen molar-refractivity contribution < 1.29 is 22.5 Å². The molecule has 0 saturated heterocycles. The summed E-state index contributed by atoms with van der Waals surface area (Å²) in [4.78, 5) is 22.5. The van der Waals surface area contributed by atoms with E-state index < -0.39 is 26.7 Å². The Kier molecular flexibility index (Phi) is 5.55. The largest absolute Gasteiger partial charge is 0.322 e. The molecule has 0 aliphatic carbocycles. The van der Waals surface area contributed by atoms with Gasteiger partial charge in [-0.25, -0.2) is 12.8 Å². The molecule has 0 aliphatic heterocycles. The predicted octanol–water partition coefficient (Wildman–Crippen LogP) is 3.79. The van der Waals surface area contributed by atoms with Gasteiger partial charge in [0.1, 0.15) is 5.82 Å². The van der Waals surface area contributed by atoms with Crippen LogP contribution in [0.25, 0.3) is 0 Å². The summed E-state index contributed by atoms with van der Waals surface area (Å²) in [5, 5.41) is 13.3. The van der Waals surface area contributed by atoms with E-state index in [-0.39, 0.29) is 27.5 Å². The van der Waals surface area contributed by atoms with Crippen molar-refractivity contribution in [3.05, 3.63) is 94.3 Å². The summed E-state index contributed by atoms with van der Waals surface area (Å²) in [7, 11) is -4.01. The number of amides is 1. The van der Waals surface area contributed by atoms with E-state index >= 15 is 0 Å². The fourth-order valence-corrected chi connectivity index (χ4v) is 3.54. The van der Waals surface area contributed by atoms with Gasteiger partial charge in [0.15, 0.2) is 0 Å². The summed E-state index contributed by atoms with van der Waals surface area (Å²) in [6.45, 7) is 0. The van der Waals surface area contributed by atoms with Gasteiger partial charge in [-0.3, -0.25) is 19.6 Å². The summed E-state index contributed by atoms with van der Waals surface area (Å²) in [6, 6.07) is 15.4. The third-order valence-electron chi connectivity index (χ3n) is 3.82. The Balaban J connectivity index is 1.81. The third kappa shape index (κ3) is 4.93. The van der Waals surface area contributed by atoms with Gasteiger partial charge >= 0.3 is 0 Å². The predicted molar refractivity (Wildman–Crippen MR) is 105 cm³/mol. The number of non-ortho nitro benzene ring substituents is 1. The van der Waals surface area contributed by atoms with Gasteiger partial charge in [-0.15, -0.1) is 0 Å². The van der Waals surface area contributed by atoms with E-state index in [1.807, 2.05) is 0 Å². The smallest absolute Gasteiger partial charge is 0.271 e. The van der Waals surface area contributed by atoms with Crippen LogP contribution in [0.2, 0.25) is 0 Å². The lowest BCUT2D eigenvalue weighted by Gasteiger charge is -2.10. The Bertz CT molecular complexity index is 1180. The Labute approximate surface area is 165 Å². The highest BCUT2D eigenvalue weighted by Gasteiger charge is 2.17. The molecule has 0 fully saturated rings. The average Bonchev–Trinajstić information content (AvgIpc) is 2.70. The number of carbonyl (C=O) groups excluding carboxylic acids is 1. The molecule has 10 heteroatoms. The first-order chi connectivity index (χ1) is 13.7. The molecule has 8 nitrogen and oxygen atoms in total. The van der Waals surface area contributed by atoms with Crippen LogP contribution in [0, 0.1) is 15.9 Å². The van der Waals surface area contributed by atoms with E-state index in [4.69, 9.17) is 0 Å². The first-order valence-corrected chi connectivity index (χ1v) is 9.67. The number of sulfonamides is 1. The number of nitrogens with zero attached hydrogens (tertiary/aromatic N) is 1. The summed E-state index contributed by atoms with van der Waals surface area (Å²) in [5.74, 6) is -1.14. The maximum absolute atomic E-state index is 13.0. The van der Waals surface area contributed by atoms with Crippen LogP contribution < -0.4 is 10.0 Å². The number of halogens is 1. The number of carbonyl (C=O) groups is 1. The highest BCUT2D eigenvalue weighted by molar-refractivity contribution is 7.92. The minimum absolute atomic E-state index is 0.0403. The molecule has 29 heavy (non-hydrogen) atoms. The Morgan fingerprint density at radius 2 is 1.62 bits per heavy atom. The van der Waals surface area contributed by atoms with Gasteiger partial charge in [0.25, 0.3) is 21.6 Å². The number of hydrogen-bond acceptors (Lipinski definition) is 5. The molecule has 3 aromatic carbocycles. The zero-order valence-electron chi connectivity index (χ0n) is 14.7.